The molecule has 0 saturated carbocycles. The molecule has 5 heteroatoms. The van der Waals surface area contributed by atoms with Crippen LogP contribution >= 0.6 is 11.8 Å². The molecule has 0 N–H and O–H groups in total. The van der Waals surface area contributed by atoms with E-state index in [9.17, 15) is 4.79 Å². The summed E-state index contributed by atoms with van der Waals surface area (Å²) in [4.78, 5) is 20.7. The smallest absolute Gasteiger partial charge is 0.239 e. The number of pyridine rings is 1. The van der Waals surface area contributed by atoms with Crippen LogP contribution in [0.4, 0.5) is 0 Å². The Bertz CT molecular complexity index is 447. The maximum Gasteiger partial charge on any atom is 0.239 e. The van der Waals surface area contributed by atoms with Crippen LogP contribution in [0.15, 0.2) is 24.5 Å². The quantitative estimate of drug-likeness (QED) is 0.844. The lowest BCUT2D eigenvalue weighted by Gasteiger charge is -2.25. The molecule has 1 atom stereocenters. The molecule has 0 aliphatic carbocycles. The average molecular weight is 279 g/mol. The normalized spacial score (nSPS) is 22.3. The van der Waals surface area contributed by atoms with Gasteiger partial charge in [-0.1, -0.05) is 6.07 Å². The molecule has 104 valence electrons. The van der Waals surface area contributed by atoms with Crippen molar-refractivity contribution < 1.29 is 4.79 Å². The Morgan fingerprint density at radius 2 is 2.21 bits per heavy atom. The van der Waals surface area contributed by atoms with Gasteiger partial charge in [-0.05, 0) is 34.0 Å². The maximum absolute atomic E-state index is 12.5. The van der Waals surface area contributed by atoms with Crippen molar-refractivity contribution in [2.75, 3.05) is 27.2 Å². The lowest BCUT2D eigenvalue weighted by molar-refractivity contribution is -0.132. The van der Waals surface area contributed by atoms with Crippen molar-refractivity contribution in [3.05, 3.63) is 30.1 Å². The number of hydrogen-bond acceptors (Lipinski definition) is 4. The van der Waals surface area contributed by atoms with E-state index in [0.717, 1.165) is 18.7 Å². The summed E-state index contributed by atoms with van der Waals surface area (Å²) >= 11 is 1.71. The Labute approximate surface area is 119 Å². The van der Waals surface area contributed by atoms with Crippen LogP contribution in [0.5, 0.6) is 0 Å². The average Bonchev–Trinajstić information content (AvgIpc) is 2.60. The third-order valence-electron chi connectivity index (χ3n) is 3.22. The Hall–Kier alpha value is -1.07. The highest BCUT2D eigenvalue weighted by Crippen LogP contribution is 2.48. The topological polar surface area (TPSA) is 36.4 Å². The largest absolute Gasteiger partial charge is 0.324 e. The van der Waals surface area contributed by atoms with Crippen molar-refractivity contribution in [3.63, 3.8) is 0 Å². The van der Waals surface area contributed by atoms with Crippen LogP contribution in [0.25, 0.3) is 0 Å². The summed E-state index contributed by atoms with van der Waals surface area (Å²) in [7, 11) is 4.05. The molecule has 1 aromatic rings. The first-order valence-corrected chi connectivity index (χ1v) is 7.33. The lowest BCUT2D eigenvalue weighted by atomic mass is 10.1. The fourth-order valence-electron chi connectivity index (χ4n) is 2.14. The summed E-state index contributed by atoms with van der Waals surface area (Å²) in [6.45, 7) is 5.62. The SMILES string of the molecule is CN(C)CCN1C(=O)C(C)(C)SC1c1cccnc1. The van der Waals surface area contributed by atoms with Gasteiger partial charge in [0.1, 0.15) is 5.37 Å². The minimum atomic E-state index is -0.354. The lowest BCUT2D eigenvalue weighted by Crippen LogP contribution is -2.39. The maximum atomic E-state index is 12.5. The van der Waals surface area contributed by atoms with Crippen LogP contribution in [0.3, 0.4) is 0 Å². The molecule has 4 nitrogen and oxygen atoms in total. The van der Waals surface area contributed by atoms with Gasteiger partial charge >= 0.3 is 0 Å². The predicted molar refractivity (Wildman–Crippen MR) is 78.9 cm³/mol. The van der Waals surface area contributed by atoms with Crippen LogP contribution in [0.1, 0.15) is 24.8 Å². The van der Waals surface area contributed by atoms with Crippen molar-refractivity contribution in [1.29, 1.82) is 0 Å². The highest BCUT2D eigenvalue weighted by molar-refractivity contribution is 8.02. The van der Waals surface area contributed by atoms with Crippen molar-refractivity contribution in [2.45, 2.75) is 24.0 Å². The van der Waals surface area contributed by atoms with E-state index in [-0.39, 0.29) is 16.0 Å². The number of nitrogens with zero attached hydrogens (tertiary/aromatic N) is 3. The zero-order valence-corrected chi connectivity index (χ0v) is 12.8. The molecule has 0 spiro atoms. The second-order valence-electron chi connectivity index (χ2n) is 5.57. The molecular weight excluding hydrogens is 258 g/mol. The molecule has 2 heterocycles. The van der Waals surface area contributed by atoms with E-state index < -0.39 is 0 Å². The van der Waals surface area contributed by atoms with Gasteiger partial charge in [-0.2, -0.15) is 0 Å². The van der Waals surface area contributed by atoms with Crippen molar-refractivity contribution >= 4 is 17.7 Å². The molecule has 1 aliphatic heterocycles. The van der Waals surface area contributed by atoms with Crippen LogP contribution in [-0.4, -0.2) is 52.6 Å². The molecule has 1 amide bonds. The van der Waals surface area contributed by atoms with Gasteiger partial charge in [0, 0.05) is 31.0 Å². The van der Waals surface area contributed by atoms with E-state index in [4.69, 9.17) is 0 Å². The second-order valence-corrected chi connectivity index (χ2v) is 7.27. The molecule has 1 aromatic heterocycles. The molecule has 0 aromatic carbocycles. The van der Waals surface area contributed by atoms with E-state index in [1.165, 1.54) is 0 Å². The number of amides is 1. The number of thioether (sulfide) groups is 1. The van der Waals surface area contributed by atoms with Gasteiger partial charge in [0.05, 0.1) is 4.75 Å². The standard InChI is InChI=1S/C14H21N3OS/c1-14(2)13(18)17(9-8-16(3)4)12(19-14)11-6-5-7-15-10-11/h5-7,10,12H,8-9H2,1-4H3. The van der Waals surface area contributed by atoms with Gasteiger partial charge in [0.25, 0.3) is 0 Å². The Balaban J connectivity index is 2.22. The van der Waals surface area contributed by atoms with E-state index in [1.807, 2.05) is 51.2 Å². The Kier molecular flexibility index (Phi) is 4.16. The van der Waals surface area contributed by atoms with Crippen molar-refractivity contribution in [2.24, 2.45) is 0 Å². The molecule has 19 heavy (non-hydrogen) atoms. The second kappa shape index (κ2) is 5.51. The van der Waals surface area contributed by atoms with Gasteiger partial charge in [-0.15, -0.1) is 11.8 Å². The predicted octanol–water partition coefficient (Wildman–Crippen LogP) is 2.00. The first kappa shape index (κ1) is 14.3. The van der Waals surface area contributed by atoms with Gasteiger partial charge < -0.3 is 9.80 Å². The summed E-state index contributed by atoms with van der Waals surface area (Å²) in [5.41, 5.74) is 1.10. The van der Waals surface area contributed by atoms with E-state index in [0.29, 0.717) is 0 Å². The fourth-order valence-corrected chi connectivity index (χ4v) is 3.52. The molecule has 1 unspecified atom stereocenters. The molecule has 1 saturated heterocycles. The van der Waals surface area contributed by atoms with E-state index in [1.54, 1.807) is 18.0 Å². The first-order chi connectivity index (χ1) is 8.92. The number of carbonyl (C=O) groups is 1. The van der Waals surface area contributed by atoms with Crippen LogP contribution < -0.4 is 0 Å². The highest BCUT2D eigenvalue weighted by Gasteiger charge is 2.46. The van der Waals surface area contributed by atoms with Gasteiger partial charge in [-0.3, -0.25) is 9.78 Å². The number of aromatic nitrogens is 1. The van der Waals surface area contributed by atoms with Crippen molar-refractivity contribution in [3.8, 4) is 0 Å². The van der Waals surface area contributed by atoms with Gasteiger partial charge in [0.2, 0.25) is 5.91 Å². The number of carbonyl (C=O) groups excluding carboxylic acids is 1. The minimum absolute atomic E-state index is 0.0798. The number of likely N-dealkylation sites (N-methyl/N-ethyl adjacent to an activating group) is 1. The zero-order valence-electron chi connectivity index (χ0n) is 12.0. The molecule has 0 radical (unpaired) electrons. The monoisotopic (exact) mass is 279 g/mol. The number of rotatable bonds is 4. The van der Waals surface area contributed by atoms with E-state index >= 15 is 0 Å². The molecule has 1 aliphatic rings. The third-order valence-corrected chi connectivity index (χ3v) is 4.74. The zero-order chi connectivity index (χ0) is 14.0. The fraction of sp³-hybridized carbons (Fsp3) is 0.571. The van der Waals surface area contributed by atoms with Gasteiger partial charge in [0.15, 0.2) is 0 Å². The van der Waals surface area contributed by atoms with Crippen LogP contribution in [0.2, 0.25) is 0 Å². The highest BCUT2D eigenvalue weighted by atomic mass is 32.2. The first-order valence-electron chi connectivity index (χ1n) is 6.45. The molecular formula is C14H21N3OS. The van der Waals surface area contributed by atoms with Crippen molar-refractivity contribution in [1.82, 2.24) is 14.8 Å². The molecule has 1 fully saturated rings. The summed E-state index contributed by atoms with van der Waals surface area (Å²) < 4.78 is -0.354. The Morgan fingerprint density at radius 1 is 1.47 bits per heavy atom. The molecule has 2 rings (SSSR count). The minimum Gasteiger partial charge on any atom is -0.324 e. The summed E-state index contributed by atoms with van der Waals surface area (Å²) in [6, 6.07) is 3.97. The number of hydrogen-bond donors (Lipinski definition) is 0. The molecule has 0 bridgehead atoms. The van der Waals surface area contributed by atoms with Crippen LogP contribution in [0, 0.1) is 0 Å². The summed E-state index contributed by atoms with van der Waals surface area (Å²) in [6.07, 6.45) is 3.62. The summed E-state index contributed by atoms with van der Waals surface area (Å²) in [5, 5.41) is 0.0798. The summed E-state index contributed by atoms with van der Waals surface area (Å²) in [5.74, 6) is 0.216. The van der Waals surface area contributed by atoms with Crippen LogP contribution in [-0.2, 0) is 4.79 Å². The third kappa shape index (κ3) is 3.09. The van der Waals surface area contributed by atoms with Gasteiger partial charge in [-0.25, -0.2) is 0 Å². The van der Waals surface area contributed by atoms with E-state index in [2.05, 4.69) is 9.88 Å². The Morgan fingerprint density at radius 3 is 2.79 bits per heavy atom.